The molecule has 0 aliphatic heterocycles. The summed E-state index contributed by atoms with van der Waals surface area (Å²) in [5.41, 5.74) is 0.780. The number of sulfonamides is 1. The van der Waals surface area contributed by atoms with Crippen LogP contribution in [0.4, 0.5) is 0 Å². The van der Waals surface area contributed by atoms with Crippen molar-refractivity contribution in [2.24, 2.45) is 5.92 Å². The van der Waals surface area contributed by atoms with E-state index in [2.05, 4.69) is 4.72 Å². The summed E-state index contributed by atoms with van der Waals surface area (Å²) in [4.78, 5) is 11.1. The van der Waals surface area contributed by atoms with Crippen LogP contribution in [0.15, 0.2) is 24.3 Å². The summed E-state index contributed by atoms with van der Waals surface area (Å²) >= 11 is 5.76. The minimum absolute atomic E-state index is 0.141. The van der Waals surface area contributed by atoms with Crippen LogP contribution in [0.3, 0.4) is 0 Å². The van der Waals surface area contributed by atoms with Gasteiger partial charge in [0.25, 0.3) is 0 Å². The molecular formula is C13H16ClNO4S. The van der Waals surface area contributed by atoms with Crippen molar-refractivity contribution in [2.45, 2.75) is 31.1 Å². The number of halogens is 1. The molecule has 1 aliphatic carbocycles. The molecule has 2 atom stereocenters. The lowest BCUT2D eigenvalue weighted by molar-refractivity contribution is -0.141. The van der Waals surface area contributed by atoms with Gasteiger partial charge in [-0.1, -0.05) is 30.2 Å². The van der Waals surface area contributed by atoms with Crippen molar-refractivity contribution in [2.75, 3.05) is 0 Å². The predicted molar refractivity (Wildman–Crippen MR) is 76.0 cm³/mol. The standard InChI is InChI=1S/C13H16ClNO4S/c14-10-6-4-9(5-7-10)8-15-20(18,19)12-3-1-2-11(12)13(16)17/h4-7,11-12,15H,1-3,8H2,(H,16,17). The lowest BCUT2D eigenvalue weighted by Gasteiger charge is -2.17. The van der Waals surface area contributed by atoms with Gasteiger partial charge in [0.05, 0.1) is 11.2 Å². The Labute approximate surface area is 123 Å². The molecular weight excluding hydrogens is 302 g/mol. The highest BCUT2D eigenvalue weighted by atomic mass is 35.5. The van der Waals surface area contributed by atoms with Crippen molar-refractivity contribution in [1.29, 1.82) is 0 Å². The first-order valence-electron chi connectivity index (χ1n) is 6.36. The van der Waals surface area contributed by atoms with Crippen molar-refractivity contribution in [3.63, 3.8) is 0 Å². The van der Waals surface area contributed by atoms with Gasteiger partial charge in [-0.3, -0.25) is 4.79 Å². The van der Waals surface area contributed by atoms with Gasteiger partial charge in [-0.25, -0.2) is 13.1 Å². The molecule has 1 fully saturated rings. The molecule has 0 radical (unpaired) electrons. The third-order valence-corrected chi connectivity index (χ3v) is 5.72. The average Bonchev–Trinajstić information content (AvgIpc) is 2.88. The maximum atomic E-state index is 12.2. The smallest absolute Gasteiger partial charge is 0.307 e. The topological polar surface area (TPSA) is 83.5 Å². The van der Waals surface area contributed by atoms with Crippen molar-refractivity contribution in [3.8, 4) is 0 Å². The number of carbonyl (C=O) groups is 1. The second kappa shape index (κ2) is 6.11. The number of carboxylic acid groups (broad SMARTS) is 1. The summed E-state index contributed by atoms with van der Waals surface area (Å²) in [6.45, 7) is 0.141. The van der Waals surface area contributed by atoms with Gasteiger partial charge in [0.2, 0.25) is 10.0 Å². The molecule has 0 aromatic heterocycles. The Hall–Kier alpha value is -1.11. The van der Waals surface area contributed by atoms with E-state index in [4.69, 9.17) is 16.7 Å². The summed E-state index contributed by atoms with van der Waals surface area (Å²) in [5.74, 6) is -1.85. The average molecular weight is 318 g/mol. The van der Waals surface area contributed by atoms with Crippen LogP contribution in [0.1, 0.15) is 24.8 Å². The molecule has 1 aromatic rings. The van der Waals surface area contributed by atoms with E-state index < -0.39 is 27.2 Å². The molecule has 0 spiro atoms. The molecule has 1 aromatic carbocycles. The van der Waals surface area contributed by atoms with Gasteiger partial charge in [0.1, 0.15) is 0 Å². The lowest BCUT2D eigenvalue weighted by Crippen LogP contribution is -2.38. The van der Waals surface area contributed by atoms with Crippen LogP contribution < -0.4 is 4.72 Å². The van der Waals surface area contributed by atoms with Gasteiger partial charge in [0.15, 0.2) is 0 Å². The highest BCUT2D eigenvalue weighted by molar-refractivity contribution is 7.90. The van der Waals surface area contributed by atoms with E-state index in [1.165, 1.54) is 0 Å². The molecule has 0 saturated heterocycles. The van der Waals surface area contributed by atoms with E-state index >= 15 is 0 Å². The Morgan fingerprint density at radius 1 is 1.30 bits per heavy atom. The van der Waals surface area contributed by atoms with E-state index in [0.717, 1.165) is 5.56 Å². The Morgan fingerprint density at radius 3 is 2.55 bits per heavy atom. The lowest BCUT2D eigenvalue weighted by atomic mass is 10.1. The van der Waals surface area contributed by atoms with Crippen LogP contribution in [0.2, 0.25) is 5.02 Å². The van der Waals surface area contributed by atoms with E-state index in [0.29, 0.717) is 24.3 Å². The largest absolute Gasteiger partial charge is 0.481 e. The molecule has 0 amide bonds. The second-order valence-electron chi connectivity index (χ2n) is 4.91. The highest BCUT2D eigenvalue weighted by Crippen LogP contribution is 2.31. The number of carboxylic acids is 1. The minimum Gasteiger partial charge on any atom is -0.481 e. The van der Waals surface area contributed by atoms with Gasteiger partial charge < -0.3 is 5.11 Å². The van der Waals surface area contributed by atoms with E-state index in [1.54, 1.807) is 24.3 Å². The molecule has 110 valence electrons. The quantitative estimate of drug-likeness (QED) is 0.870. The van der Waals surface area contributed by atoms with Crippen molar-refractivity contribution in [1.82, 2.24) is 4.72 Å². The van der Waals surface area contributed by atoms with Gasteiger partial charge in [0, 0.05) is 11.6 Å². The van der Waals surface area contributed by atoms with Gasteiger partial charge in [-0.15, -0.1) is 0 Å². The fourth-order valence-electron chi connectivity index (χ4n) is 2.47. The number of aliphatic carboxylic acids is 1. The molecule has 0 bridgehead atoms. The first-order valence-corrected chi connectivity index (χ1v) is 8.28. The number of hydrogen-bond donors (Lipinski definition) is 2. The minimum atomic E-state index is -3.63. The van der Waals surface area contributed by atoms with Crippen molar-refractivity contribution < 1.29 is 18.3 Å². The third kappa shape index (κ3) is 3.50. The molecule has 20 heavy (non-hydrogen) atoms. The Bertz CT molecular complexity index is 585. The molecule has 5 nitrogen and oxygen atoms in total. The summed E-state index contributed by atoms with van der Waals surface area (Å²) in [7, 11) is -3.63. The third-order valence-electron chi connectivity index (χ3n) is 3.56. The zero-order chi connectivity index (χ0) is 14.8. The fraction of sp³-hybridized carbons (Fsp3) is 0.462. The molecule has 2 unspecified atom stereocenters. The van der Waals surface area contributed by atoms with E-state index in [9.17, 15) is 13.2 Å². The molecule has 2 N–H and O–H groups in total. The predicted octanol–water partition coefficient (Wildman–Crippen LogP) is 2.01. The summed E-state index contributed by atoms with van der Waals surface area (Å²) < 4.78 is 26.9. The van der Waals surface area contributed by atoms with E-state index in [1.807, 2.05) is 0 Å². The highest BCUT2D eigenvalue weighted by Gasteiger charge is 2.41. The second-order valence-corrected chi connectivity index (χ2v) is 7.33. The van der Waals surface area contributed by atoms with Crippen molar-refractivity contribution >= 4 is 27.6 Å². The summed E-state index contributed by atoms with van der Waals surface area (Å²) in [5, 5.41) is 8.80. The van der Waals surface area contributed by atoms with Crippen molar-refractivity contribution in [3.05, 3.63) is 34.9 Å². The van der Waals surface area contributed by atoms with Crippen LogP contribution in [-0.4, -0.2) is 24.7 Å². The van der Waals surface area contributed by atoms with Crippen LogP contribution in [-0.2, 0) is 21.4 Å². The first-order chi connectivity index (χ1) is 9.40. The van der Waals surface area contributed by atoms with Gasteiger partial charge in [-0.2, -0.15) is 0 Å². The number of rotatable bonds is 5. The zero-order valence-electron chi connectivity index (χ0n) is 10.8. The number of hydrogen-bond acceptors (Lipinski definition) is 3. The van der Waals surface area contributed by atoms with Crippen LogP contribution in [0.5, 0.6) is 0 Å². The number of nitrogens with one attached hydrogen (secondary N) is 1. The monoisotopic (exact) mass is 317 g/mol. The van der Waals surface area contributed by atoms with Crippen LogP contribution in [0.25, 0.3) is 0 Å². The summed E-state index contributed by atoms with van der Waals surface area (Å²) in [6.07, 6.45) is 1.44. The van der Waals surface area contributed by atoms with E-state index in [-0.39, 0.29) is 6.54 Å². The summed E-state index contributed by atoms with van der Waals surface area (Å²) in [6, 6.07) is 6.82. The molecule has 1 aliphatic rings. The Kier molecular flexibility index (Phi) is 4.67. The van der Waals surface area contributed by atoms with Gasteiger partial charge in [-0.05, 0) is 30.5 Å². The Balaban J connectivity index is 2.04. The van der Waals surface area contributed by atoms with Crippen LogP contribution >= 0.6 is 11.6 Å². The number of benzene rings is 1. The normalized spacial score (nSPS) is 22.9. The Morgan fingerprint density at radius 2 is 1.95 bits per heavy atom. The van der Waals surface area contributed by atoms with Crippen LogP contribution in [0, 0.1) is 5.92 Å². The molecule has 2 rings (SSSR count). The zero-order valence-corrected chi connectivity index (χ0v) is 12.3. The maximum absolute atomic E-state index is 12.2. The SMILES string of the molecule is O=C(O)C1CCCC1S(=O)(=O)NCc1ccc(Cl)cc1. The molecule has 7 heteroatoms. The first kappa shape index (κ1) is 15.3. The molecule has 1 saturated carbocycles. The molecule has 0 heterocycles. The fourth-order valence-corrected chi connectivity index (χ4v) is 4.34. The maximum Gasteiger partial charge on any atom is 0.307 e. The van der Waals surface area contributed by atoms with Gasteiger partial charge >= 0.3 is 5.97 Å².